The molecule has 2 aromatic carbocycles. The summed E-state index contributed by atoms with van der Waals surface area (Å²) >= 11 is 0. The molecule has 0 saturated carbocycles. The van der Waals surface area contributed by atoms with Gasteiger partial charge >= 0.3 is 6.09 Å². The van der Waals surface area contributed by atoms with Gasteiger partial charge in [0.05, 0.1) is 24.4 Å². The molecule has 9 heteroatoms. The first kappa shape index (κ1) is 21.4. The lowest BCUT2D eigenvalue weighted by atomic mass is 10.1. The number of hydrogen-bond donors (Lipinski definition) is 3. The van der Waals surface area contributed by atoms with E-state index >= 15 is 0 Å². The normalized spacial score (nSPS) is 12.1. The van der Waals surface area contributed by atoms with Gasteiger partial charge in [-0.1, -0.05) is 30.3 Å². The number of furan rings is 1. The highest BCUT2D eigenvalue weighted by molar-refractivity contribution is 6.07. The van der Waals surface area contributed by atoms with Crippen molar-refractivity contribution in [3.63, 3.8) is 0 Å². The largest absolute Gasteiger partial charge is 0.451 e. The predicted octanol–water partition coefficient (Wildman–Crippen LogP) is 2.99. The van der Waals surface area contributed by atoms with E-state index in [1.54, 1.807) is 23.0 Å². The number of alkyl carbamates (subject to hydrolysis) is 1. The third-order valence-electron chi connectivity index (χ3n) is 5.05. The lowest BCUT2D eigenvalue weighted by Crippen LogP contribution is -2.30. The van der Waals surface area contributed by atoms with E-state index in [0.29, 0.717) is 12.1 Å². The van der Waals surface area contributed by atoms with Crippen molar-refractivity contribution < 1.29 is 23.8 Å². The topological polar surface area (TPSA) is 119 Å². The van der Waals surface area contributed by atoms with Crippen LogP contribution in [0.4, 0.5) is 4.79 Å². The first-order valence-electron chi connectivity index (χ1n) is 10.3. The van der Waals surface area contributed by atoms with Gasteiger partial charge in [-0.05, 0) is 30.7 Å². The Morgan fingerprint density at radius 3 is 2.78 bits per heavy atom. The van der Waals surface area contributed by atoms with Crippen LogP contribution >= 0.6 is 0 Å². The minimum atomic E-state index is -0.506. The molecule has 0 aliphatic rings. The maximum Gasteiger partial charge on any atom is 0.407 e. The molecule has 0 unspecified atom stereocenters. The number of benzene rings is 2. The van der Waals surface area contributed by atoms with Crippen LogP contribution < -0.4 is 10.6 Å². The van der Waals surface area contributed by atoms with Crippen LogP contribution in [-0.4, -0.2) is 46.6 Å². The smallest absolute Gasteiger partial charge is 0.407 e. The Hall–Kier alpha value is -3.85. The summed E-state index contributed by atoms with van der Waals surface area (Å²) in [4.78, 5) is 24.3. The Bertz CT molecular complexity index is 1230. The molecule has 0 aliphatic carbocycles. The van der Waals surface area contributed by atoms with Gasteiger partial charge in [0.1, 0.15) is 12.2 Å². The van der Waals surface area contributed by atoms with Crippen molar-refractivity contribution in [2.45, 2.75) is 19.6 Å². The average molecular weight is 436 g/mol. The lowest BCUT2D eigenvalue weighted by molar-refractivity contribution is 0.0919. The van der Waals surface area contributed by atoms with Gasteiger partial charge in [-0.25, -0.2) is 4.79 Å². The molecule has 0 bridgehead atoms. The van der Waals surface area contributed by atoms with E-state index in [2.05, 4.69) is 15.7 Å². The van der Waals surface area contributed by atoms with Gasteiger partial charge in [0.25, 0.3) is 5.91 Å². The van der Waals surface area contributed by atoms with Gasteiger partial charge in [0.15, 0.2) is 5.76 Å². The maximum atomic E-state index is 12.2. The summed E-state index contributed by atoms with van der Waals surface area (Å²) in [6, 6.07) is 14.6. The monoisotopic (exact) mass is 436 g/mol. The molecule has 2 heterocycles. The molecule has 32 heavy (non-hydrogen) atoms. The number of carbonyl (C=O) groups excluding carboxylic acids is 2. The molecule has 4 aromatic rings. The maximum absolute atomic E-state index is 12.2. The van der Waals surface area contributed by atoms with E-state index < -0.39 is 12.0 Å². The SMILES string of the molecule is C[C@@H](CNC(=O)OCc1ccccc1)n1ncc2ccc3oc(C(=O)NCCO)cc3c21. The van der Waals surface area contributed by atoms with E-state index in [9.17, 15) is 9.59 Å². The minimum absolute atomic E-state index is 0.145. The number of nitrogens with one attached hydrogen (secondary N) is 2. The molecule has 4 rings (SSSR count). The number of aliphatic hydroxyl groups is 1. The third-order valence-corrected chi connectivity index (χ3v) is 5.05. The van der Waals surface area contributed by atoms with Crippen molar-refractivity contribution in [1.29, 1.82) is 0 Å². The molecule has 3 N–H and O–H groups in total. The molecule has 0 radical (unpaired) electrons. The van der Waals surface area contributed by atoms with Crippen molar-refractivity contribution in [3.05, 3.63) is 66.1 Å². The highest BCUT2D eigenvalue weighted by atomic mass is 16.5. The van der Waals surface area contributed by atoms with Crippen LogP contribution in [0.2, 0.25) is 0 Å². The van der Waals surface area contributed by atoms with E-state index in [4.69, 9.17) is 14.3 Å². The Labute approximate surface area is 184 Å². The van der Waals surface area contributed by atoms with Crippen molar-refractivity contribution in [2.75, 3.05) is 19.7 Å². The number of carbonyl (C=O) groups is 2. The first-order valence-corrected chi connectivity index (χ1v) is 10.3. The van der Waals surface area contributed by atoms with Crippen molar-refractivity contribution in [2.24, 2.45) is 0 Å². The number of hydrogen-bond acceptors (Lipinski definition) is 6. The number of rotatable bonds is 8. The van der Waals surface area contributed by atoms with Gasteiger partial charge in [-0.3, -0.25) is 9.48 Å². The summed E-state index contributed by atoms with van der Waals surface area (Å²) in [5.74, 6) is -0.241. The molecule has 2 aromatic heterocycles. The molecule has 2 amide bonds. The molecule has 9 nitrogen and oxygen atoms in total. The second kappa shape index (κ2) is 9.52. The fourth-order valence-corrected chi connectivity index (χ4v) is 3.45. The molecule has 0 saturated heterocycles. The van der Waals surface area contributed by atoms with E-state index in [0.717, 1.165) is 21.9 Å². The summed E-state index contributed by atoms with van der Waals surface area (Å²) in [7, 11) is 0. The average Bonchev–Trinajstić information content (AvgIpc) is 3.44. The number of aliphatic hydroxyl groups excluding tert-OH is 1. The van der Waals surface area contributed by atoms with Gasteiger partial charge in [-0.15, -0.1) is 0 Å². The minimum Gasteiger partial charge on any atom is -0.451 e. The molecular formula is C23H24N4O5. The summed E-state index contributed by atoms with van der Waals surface area (Å²) < 4.78 is 12.7. The fraction of sp³-hybridized carbons (Fsp3) is 0.261. The summed E-state index contributed by atoms with van der Waals surface area (Å²) in [6.07, 6.45) is 1.23. The second-order valence-corrected chi connectivity index (χ2v) is 7.39. The number of nitrogens with zero attached hydrogens (tertiary/aromatic N) is 2. The quantitative estimate of drug-likeness (QED) is 0.391. The Morgan fingerprint density at radius 2 is 2.00 bits per heavy atom. The van der Waals surface area contributed by atoms with E-state index in [-0.39, 0.29) is 31.6 Å². The Balaban J connectivity index is 1.47. The molecule has 166 valence electrons. The van der Waals surface area contributed by atoms with Gasteiger partial charge in [0.2, 0.25) is 0 Å². The van der Waals surface area contributed by atoms with Crippen LogP contribution in [-0.2, 0) is 11.3 Å². The number of amides is 2. The highest BCUT2D eigenvalue weighted by Crippen LogP contribution is 2.29. The predicted molar refractivity (Wildman–Crippen MR) is 118 cm³/mol. The number of fused-ring (bicyclic) bond motifs is 3. The zero-order chi connectivity index (χ0) is 22.5. The van der Waals surface area contributed by atoms with Crippen LogP contribution in [0.5, 0.6) is 0 Å². The zero-order valence-electron chi connectivity index (χ0n) is 17.6. The molecular weight excluding hydrogens is 412 g/mol. The van der Waals surface area contributed by atoms with Crippen LogP contribution in [0, 0.1) is 0 Å². The second-order valence-electron chi connectivity index (χ2n) is 7.39. The van der Waals surface area contributed by atoms with Gasteiger partial charge in [0, 0.05) is 23.9 Å². The molecule has 0 aliphatic heterocycles. The van der Waals surface area contributed by atoms with Crippen molar-refractivity contribution in [1.82, 2.24) is 20.4 Å². The highest BCUT2D eigenvalue weighted by Gasteiger charge is 2.18. The lowest BCUT2D eigenvalue weighted by Gasteiger charge is -2.15. The van der Waals surface area contributed by atoms with Crippen molar-refractivity contribution >= 4 is 33.9 Å². The van der Waals surface area contributed by atoms with Gasteiger partial charge in [-0.2, -0.15) is 5.10 Å². The number of ether oxygens (including phenoxy) is 1. The van der Waals surface area contributed by atoms with Crippen LogP contribution in [0.25, 0.3) is 21.9 Å². The van der Waals surface area contributed by atoms with Crippen molar-refractivity contribution in [3.8, 4) is 0 Å². The third kappa shape index (κ3) is 4.57. The van der Waals surface area contributed by atoms with E-state index in [1.807, 2.05) is 43.3 Å². The van der Waals surface area contributed by atoms with Crippen LogP contribution in [0.3, 0.4) is 0 Å². The van der Waals surface area contributed by atoms with E-state index in [1.165, 1.54) is 0 Å². The standard InChI is InChI=1S/C23H24N4O5/c1-15(12-25-23(30)31-14-16-5-3-2-4-6-16)27-21-17(13-26-27)7-8-19-18(21)11-20(32-19)22(29)24-9-10-28/h2-8,11,13,15,28H,9-10,12,14H2,1H3,(H,24,29)(H,25,30)/t15-/m0/s1. The van der Waals surface area contributed by atoms with Gasteiger partial charge < -0.3 is 24.9 Å². The molecule has 1 atom stereocenters. The number of aromatic nitrogens is 2. The fourth-order valence-electron chi connectivity index (χ4n) is 3.45. The first-order chi connectivity index (χ1) is 15.6. The summed E-state index contributed by atoms with van der Waals surface area (Å²) in [5.41, 5.74) is 2.27. The van der Waals surface area contributed by atoms with Crippen LogP contribution in [0.15, 0.2) is 59.1 Å². The Morgan fingerprint density at radius 1 is 1.19 bits per heavy atom. The molecule has 0 fully saturated rings. The van der Waals surface area contributed by atoms with Crippen LogP contribution in [0.1, 0.15) is 29.1 Å². The summed E-state index contributed by atoms with van der Waals surface area (Å²) in [6.45, 7) is 2.43. The Kier molecular flexibility index (Phi) is 6.37. The molecule has 0 spiro atoms. The zero-order valence-corrected chi connectivity index (χ0v) is 17.6. The summed E-state index contributed by atoms with van der Waals surface area (Å²) in [5, 5.41) is 20.3.